The Bertz CT molecular complexity index is 992. The summed E-state index contributed by atoms with van der Waals surface area (Å²) in [5.41, 5.74) is 1.87. The summed E-state index contributed by atoms with van der Waals surface area (Å²) in [6.45, 7) is 6.43. The molecule has 2 bridgehead atoms. The van der Waals surface area contributed by atoms with Gasteiger partial charge in [0.2, 0.25) is 5.91 Å². The van der Waals surface area contributed by atoms with E-state index in [-0.39, 0.29) is 11.9 Å². The molecule has 1 fully saturated rings. The number of ether oxygens (including phenoxy) is 2. The number of carbonyl (C=O) groups excluding carboxylic acids is 1. The van der Waals surface area contributed by atoms with Crippen molar-refractivity contribution in [3.63, 3.8) is 0 Å². The molecule has 7 heteroatoms. The second-order valence-corrected chi connectivity index (χ2v) is 8.46. The van der Waals surface area contributed by atoms with E-state index in [1.807, 2.05) is 68.1 Å². The number of thiocarbonyl (C=S) groups is 1. The van der Waals surface area contributed by atoms with Crippen LogP contribution in [0.4, 0.5) is 5.69 Å². The lowest BCUT2D eigenvalue weighted by molar-refractivity contribution is -0.144. The van der Waals surface area contributed by atoms with Crippen molar-refractivity contribution in [1.29, 1.82) is 0 Å². The SMILES string of the molecule is CCOc1cccc2c1O[C@@]1(C)[C@H](C(=O)N(C)C)[C@H]2NC(=S)N1c1ccc(C)cc1. The van der Waals surface area contributed by atoms with Crippen LogP contribution in [0.5, 0.6) is 11.5 Å². The molecule has 2 aliphatic rings. The molecule has 6 nitrogen and oxygen atoms in total. The number of nitrogens with zero attached hydrogens (tertiary/aromatic N) is 2. The van der Waals surface area contributed by atoms with Gasteiger partial charge in [-0.05, 0) is 51.2 Å². The fraction of sp³-hybridized carbons (Fsp3) is 0.391. The van der Waals surface area contributed by atoms with E-state index in [1.54, 1.807) is 19.0 Å². The Hall–Kier alpha value is -2.80. The molecule has 0 spiro atoms. The van der Waals surface area contributed by atoms with Gasteiger partial charge >= 0.3 is 0 Å². The molecule has 0 aromatic heterocycles. The van der Waals surface area contributed by atoms with Crippen LogP contribution in [0.3, 0.4) is 0 Å². The standard InChI is InChI=1S/C23H27N3O3S/c1-6-28-17-9-7-8-16-19-18(21(27)25(4)5)23(3,29-20(16)17)26(22(30)24-19)15-12-10-14(2)11-13-15/h7-13,18-19H,6H2,1-5H3,(H,24,30)/t18-,19-,23-/m0/s1. The molecule has 4 rings (SSSR count). The number of hydrogen-bond acceptors (Lipinski definition) is 4. The number of aryl methyl sites for hydroxylation is 1. The van der Waals surface area contributed by atoms with E-state index in [0.29, 0.717) is 23.2 Å². The Morgan fingerprint density at radius 3 is 2.60 bits per heavy atom. The lowest BCUT2D eigenvalue weighted by Crippen LogP contribution is -2.72. The molecule has 1 saturated heterocycles. The van der Waals surface area contributed by atoms with E-state index in [0.717, 1.165) is 16.8 Å². The quantitative estimate of drug-likeness (QED) is 0.755. The third-order valence-corrected chi connectivity index (χ3v) is 6.09. The first-order valence-corrected chi connectivity index (χ1v) is 10.5. The lowest BCUT2D eigenvalue weighted by Gasteiger charge is -2.56. The van der Waals surface area contributed by atoms with Gasteiger partial charge in [0, 0.05) is 25.3 Å². The number of rotatable bonds is 4. The number of fused-ring (bicyclic) bond motifs is 4. The summed E-state index contributed by atoms with van der Waals surface area (Å²) in [6.07, 6.45) is 0. The highest BCUT2D eigenvalue weighted by Gasteiger charge is 2.59. The molecule has 158 valence electrons. The Morgan fingerprint density at radius 1 is 1.27 bits per heavy atom. The summed E-state index contributed by atoms with van der Waals surface area (Å²) >= 11 is 5.77. The molecule has 2 heterocycles. The van der Waals surface area contributed by atoms with Gasteiger partial charge in [-0.1, -0.05) is 29.8 Å². The number of hydrogen-bond donors (Lipinski definition) is 1. The van der Waals surface area contributed by atoms with Crippen LogP contribution in [0.2, 0.25) is 0 Å². The van der Waals surface area contributed by atoms with Crippen LogP contribution >= 0.6 is 12.2 Å². The Balaban J connectivity index is 1.92. The number of anilines is 1. The first-order chi connectivity index (χ1) is 14.3. The van der Waals surface area contributed by atoms with Crippen LogP contribution in [0.25, 0.3) is 0 Å². The zero-order chi connectivity index (χ0) is 21.6. The van der Waals surface area contributed by atoms with E-state index in [4.69, 9.17) is 21.7 Å². The smallest absolute Gasteiger partial charge is 0.233 e. The maximum Gasteiger partial charge on any atom is 0.233 e. The average Bonchev–Trinajstić information content (AvgIpc) is 2.69. The van der Waals surface area contributed by atoms with E-state index >= 15 is 0 Å². The molecule has 3 atom stereocenters. The van der Waals surface area contributed by atoms with Crippen molar-refractivity contribution >= 4 is 28.9 Å². The Labute approximate surface area is 182 Å². The van der Waals surface area contributed by atoms with E-state index < -0.39 is 11.6 Å². The zero-order valence-electron chi connectivity index (χ0n) is 17.9. The predicted octanol–water partition coefficient (Wildman–Crippen LogP) is 3.64. The molecule has 30 heavy (non-hydrogen) atoms. The van der Waals surface area contributed by atoms with Crippen molar-refractivity contribution in [2.24, 2.45) is 5.92 Å². The van der Waals surface area contributed by atoms with Crippen molar-refractivity contribution in [2.75, 3.05) is 25.6 Å². The average molecular weight is 426 g/mol. The van der Waals surface area contributed by atoms with Crippen LogP contribution in [-0.2, 0) is 4.79 Å². The second-order valence-electron chi connectivity index (χ2n) is 8.07. The van der Waals surface area contributed by atoms with Crippen LogP contribution < -0.4 is 19.7 Å². The van der Waals surface area contributed by atoms with Crippen LogP contribution in [0, 0.1) is 12.8 Å². The number of amides is 1. The molecular weight excluding hydrogens is 398 g/mol. The lowest BCUT2D eigenvalue weighted by atomic mass is 9.78. The molecule has 2 aromatic carbocycles. The molecule has 2 aromatic rings. The fourth-order valence-electron chi connectivity index (χ4n) is 4.38. The van der Waals surface area contributed by atoms with Gasteiger partial charge < -0.3 is 19.7 Å². The number of nitrogens with one attached hydrogen (secondary N) is 1. The van der Waals surface area contributed by atoms with Gasteiger partial charge in [0.1, 0.15) is 5.92 Å². The molecular formula is C23H27N3O3S. The minimum atomic E-state index is -1.02. The van der Waals surface area contributed by atoms with Crippen molar-refractivity contribution in [3.05, 3.63) is 53.6 Å². The summed E-state index contributed by atoms with van der Waals surface area (Å²) in [6, 6.07) is 13.5. The van der Waals surface area contributed by atoms with E-state index in [2.05, 4.69) is 5.32 Å². The van der Waals surface area contributed by atoms with Crippen LogP contribution in [-0.4, -0.2) is 42.3 Å². The highest BCUT2D eigenvalue weighted by atomic mass is 32.1. The number of benzene rings is 2. The molecule has 1 N–H and O–H groups in total. The largest absolute Gasteiger partial charge is 0.490 e. The summed E-state index contributed by atoms with van der Waals surface area (Å²) in [5, 5.41) is 3.95. The summed E-state index contributed by atoms with van der Waals surface area (Å²) in [4.78, 5) is 16.9. The third-order valence-electron chi connectivity index (χ3n) is 5.79. The van der Waals surface area contributed by atoms with Gasteiger partial charge in [-0.2, -0.15) is 0 Å². The first kappa shape index (κ1) is 20.5. The van der Waals surface area contributed by atoms with Gasteiger partial charge in [-0.15, -0.1) is 0 Å². The maximum atomic E-state index is 13.4. The minimum absolute atomic E-state index is 0.0259. The highest BCUT2D eigenvalue weighted by Crippen LogP contribution is 2.52. The molecule has 2 aliphatic heterocycles. The van der Waals surface area contributed by atoms with Gasteiger partial charge in [0.25, 0.3) is 0 Å². The summed E-state index contributed by atoms with van der Waals surface area (Å²) < 4.78 is 12.5. The topological polar surface area (TPSA) is 54.0 Å². The van der Waals surface area contributed by atoms with Gasteiger partial charge in [0.15, 0.2) is 22.3 Å². The normalized spacial score (nSPS) is 24.4. The van der Waals surface area contributed by atoms with Crippen molar-refractivity contribution in [3.8, 4) is 11.5 Å². The fourth-order valence-corrected chi connectivity index (χ4v) is 4.79. The maximum absolute atomic E-state index is 13.4. The minimum Gasteiger partial charge on any atom is -0.490 e. The highest BCUT2D eigenvalue weighted by molar-refractivity contribution is 7.80. The van der Waals surface area contributed by atoms with Crippen LogP contribution in [0.15, 0.2) is 42.5 Å². The van der Waals surface area contributed by atoms with Crippen molar-refractivity contribution in [2.45, 2.75) is 32.5 Å². The monoisotopic (exact) mass is 425 g/mol. The van der Waals surface area contributed by atoms with E-state index in [1.165, 1.54) is 0 Å². The zero-order valence-corrected chi connectivity index (χ0v) is 18.7. The number of carbonyl (C=O) groups is 1. The van der Waals surface area contributed by atoms with Gasteiger partial charge in [-0.3, -0.25) is 9.69 Å². The molecule has 1 amide bonds. The Morgan fingerprint density at radius 2 is 1.97 bits per heavy atom. The van der Waals surface area contributed by atoms with E-state index in [9.17, 15) is 4.79 Å². The second kappa shape index (κ2) is 7.47. The van der Waals surface area contributed by atoms with Gasteiger partial charge in [0.05, 0.1) is 12.6 Å². The molecule has 0 saturated carbocycles. The number of para-hydroxylation sites is 1. The third kappa shape index (κ3) is 3.08. The Kier molecular flexibility index (Phi) is 5.10. The summed E-state index contributed by atoms with van der Waals surface area (Å²) in [7, 11) is 3.53. The molecule has 0 aliphatic carbocycles. The molecule has 0 unspecified atom stereocenters. The molecule has 0 radical (unpaired) electrons. The van der Waals surface area contributed by atoms with Gasteiger partial charge in [-0.25, -0.2) is 0 Å². The summed E-state index contributed by atoms with van der Waals surface area (Å²) in [5.74, 6) is 0.786. The predicted molar refractivity (Wildman–Crippen MR) is 121 cm³/mol. The first-order valence-electron chi connectivity index (χ1n) is 10.1. The van der Waals surface area contributed by atoms with Crippen molar-refractivity contribution < 1.29 is 14.3 Å². The van der Waals surface area contributed by atoms with Crippen molar-refractivity contribution in [1.82, 2.24) is 10.2 Å². The van der Waals surface area contributed by atoms with Crippen LogP contribution in [0.1, 0.15) is 31.0 Å².